The summed E-state index contributed by atoms with van der Waals surface area (Å²) in [4.78, 5) is 14.4. The van der Waals surface area contributed by atoms with E-state index in [1.54, 1.807) is 6.07 Å². The molecule has 2 rings (SSSR count). The average molecular weight is 405 g/mol. The maximum atomic E-state index is 11.5. The van der Waals surface area contributed by atoms with E-state index in [1.807, 2.05) is 0 Å². The number of benzene rings is 1. The van der Waals surface area contributed by atoms with Crippen LogP contribution in [0.1, 0.15) is 0 Å². The molecule has 0 amide bonds. The van der Waals surface area contributed by atoms with Gasteiger partial charge >= 0.3 is 0 Å². The lowest BCUT2D eigenvalue weighted by atomic mass is 10.2. The largest absolute Gasteiger partial charge is 0.378 e. The average Bonchev–Trinajstić information content (AvgIpc) is 2.52. The molecule has 0 radical (unpaired) electrons. The van der Waals surface area contributed by atoms with Gasteiger partial charge in [-0.1, -0.05) is 23.2 Å². The summed E-state index contributed by atoms with van der Waals surface area (Å²) >= 11 is 11.7. The fraction of sp³-hybridized carbons (Fsp3) is 0.214. The lowest BCUT2D eigenvalue weighted by Gasteiger charge is -2.10. The molecule has 0 atom stereocenters. The zero-order valence-corrected chi connectivity index (χ0v) is 15.3. The van der Waals surface area contributed by atoms with E-state index in [2.05, 4.69) is 15.6 Å². The standard InChI is InChI=1S/C14H14Cl2N4O4S/c1-25(23,24)10-2-3-12(13(7-10)20(21)22)17-4-5-18-14-11(16)6-9(15)8-19-14/h2-3,6-8,17H,4-5H2,1H3,(H,18,19). The summed E-state index contributed by atoms with van der Waals surface area (Å²) in [6, 6.07) is 5.25. The van der Waals surface area contributed by atoms with Crippen LogP contribution < -0.4 is 10.6 Å². The van der Waals surface area contributed by atoms with Gasteiger partial charge in [0.05, 0.1) is 19.9 Å². The summed E-state index contributed by atoms with van der Waals surface area (Å²) in [5, 5.41) is 17.8. The van der Waals surface area contributed by atoms with Crippen LogP contribution in [0.25, 0.3) is 0 Å². The first-order valence-corrected chi connectivity index (χ1v) is 9.60. The number of nitrogens with one attached hydrogen (secondary N) is 2. The van der Waals surface area contributed by atoms with Crippen LogP contribution in [0.15, 0.2) is 35.4 Å². The number of aromatic nitrogens is 1. The van der Waals surface area contributed by atoms with Crippen molar-refractivity contribution in [2.45, 2.75) is 4.90 Å². The number of nitrogens with zero attached hydrogens (tertiary/aromatic N) is 2. The van der Waals surface area contributed by atoms with Crippen molar-refractivity contribution in [3.05, 3.63) is 50.6 Å². The summed E-state index contributed by atoms with van der Waals surface area (Å²) in [5.41, 5.74) is -0.0973. The summed E-state index contributed by atoms with van der Waals surface area (Å²) < 4.78 is 23.0. The Morgan fingerprint density at radius 1 is 1.20 bits per heavy atom. The second kappa shape index (κ2) is 7.85. The Balaban J connectivity index is 2.04. The first-order valence-electron chi connectivity index (χ1n) is 6.96. The van der Waals surface area contributed by atoms with E-state index in [1.165, 1.54) is 18.3 Å². The molecule has 1 aromatic heterocycles. The van der Waals surface area contributed by atoms with Gasteiger partial charge in [0.15, 0.2) is 9.84 Å². The van der Waals surface area contributed by atoms with Crippen molar-refractivity contribution in [3.63, 3.8) is 0 Å². The van der Waals surface area contributed by atoms with Crippen LogP contribution in [0, 0.1) is 10.1 Å². The van der Waals surface area contributed by atoms with Gasteiger partial charge in [-0.05, 0) is 18.2 Å². The third-order valence-electron chi connectivity index (χ3n) is 3.13. The molecule has 0 spiro atoms. The van der Waals surface area contributed by atoms with Gasteiger partial charge < -0.3 is 10.6 Å². The van der Waals surface area contributed by atoms with Crippen molar-refractivity contribution < 1.29 is 13.3 Å². The van der Waals surface area contributed by atoms with Crippen LogP contribution in [0.3, 0.4) is 0 Å². The molecule has 25 heavy (non-hydrogen) atoms. The highest BCUT2D eigenvalue weighted by molar-refractivity contribution is 7.90. The minimum atomic E-state index is -3.52. The molecule has 11 heteroatoms. The summed E-state index contributed by atoms with van der Waals surface area (Å²) in [6.07, 6.45) is 2.43. The topological polar surface area (TPSA) is 114 Å². The van der Waals surface area contributed by atoms with Crippen LogP contribution in [-0.2, 0) is 9.84 Å². The number of hydrogen-bond acceptors (Lipinski definition) is 7. The lowest BCUT2D eigenvalue weighted by molar-refractivity contribution is -0.384. The highest BCUT2D eigenvalue weighted by Crippen LogP contribution is 2.27. The van der Waals surface area contributed by atoms with Crippen molar-refractivity contribution in [3.8, 4) is 0 Å². The van der Waals surface area contributed by atoms with E-state index in [9.17, 15) is 18.5 Å². The molecule has 0 unspecified atom stereocenters. The number of sulfone groups is 1. The molecule has 0 aliphatic heterocycles. The predicted octanol–water partition coefficient (Wildman–Crippen LogP) is 3.22. The maximum absolute atomic E-state index is 11.5. The van der Waals surface area contributed by atoms with Crippen molar-refractivity contribution >= 4 is 50.2 Å². The molecule has 0 saturated carbocycles. The van der Waals surface area contributed by atoms with Gasteiger partial charge in [0.2, 0.25) is 0 Å². The van der Waals surface area contributed by atoms with Crippen molar-refractivity contribution in [1.82, 2.24) is 4.98 Å². The molecular formula is C14H14Cl2N4O4S. The second-order valence-corrected chi connectivity index (χ2v) is 7.91. The summed E-state index contributed by atoms with van der Waals surface area (Å²) in [6.45, 7) is 0.693. The van der Waals surface area contributed by atoms with Gasteiger partial charge in [-0.2, -0.15) is 0 Å². The quantitative estimate of drug-likeness (QED) is 0.413. The van der Waals surface area contributed by atoms with E-state index >= 15 is 0 Å². The van der Waals surface area contributed by atoms with Crippen molar-refractivity contribution in [1.29, 1.82) is 0 Å². The van der Waals surface area contributed by atoms with Crippen molar-refractivity contribution in [2.75, 3.05) is 30.0 Å². The first kappa shape index (κ1) is 19.2. The molecule has 2 N–H and O–H groups in total. The zero-order valence-electron chi connectivity index (χ0n) is 13.0. The Kier molecular flexibility index (Phi) is 6.04. The minimum absolute atomic E-state index is 0.111. The van der Waals surface area contributed by atoms with Gasteiger partial charge in [0.1, 0.15) is 11.5 Å². The first-order chi connectivity index (χ1) is 11.7. The van der Waals surface area contributed by atoms with Crippen LogP contribution in [-0.4, -0.2) is 37.7 Å². The van der Waals surface area contributed by atoms with Gasteiger partial charge in [-0.3, -0.25) is 10.1 Å². The fourth-order valence-corrected chi connectivity index (χ4v) is 3.05. The van der Waals surface area contributed by atoms with Crippen LogP contribution in [0.4, 0.5) is 17.2 Å². The summed E-state index contributed by atoms with van der Waals surface area (Å²) in [5.74, 6) is 0.440. The molecule has 0 aliphatic carbocycles. The number of halogens is 2. The minimum Gasteiger partial charge on any atom is -0.378 e. The third kappa shape index (κ3) is 5.18. The maximum Gasteiger partial charge on any atom is 0.293 e. The molecule has 8 nitrogen and oxygen atoms in total. The molecule has 2 aromatic rings. The van der Waals surface area contributed by atoms with E-state index in [0.29, 0.717) is 29.0 Å². The number of anilines is 2. The Morgan fingerprint density at radius 2 is 1.88 bits per heavy atom. The normalized spacial score (nSPS) is 11.2. The van der Waals surface area contributed by atoms with E-state index in [4.69, 9.17) is 23.2 Å². The third-order valence-corrected chi connectivity index (χ3v) is 4.74. The zero-order chi connectivity index (χ0) is 18.6. The van der Waals surface area contributed by atoms with Crippen LogP contribution >= 0.6 is 23.2 Å². The lowest BCUT2D eigenvalue weighted by Crippen LogP contribution is -2.15. The number of nitro groups is 1. The highest BCUT2D eigenvalue weighted by Gasteiger charge is 2.18. The molecule has 0 bridgehead atoms. The monoisotopic (exact) mass is 404 g/mol. The molecule has 134 valence electrons. The van der Waals surface area contributed by atoms with Gasteiger partial charge in [0, 0.05) is 31.6 Å². The molecule has 0 fully saturated rings. The van der Waals surface area contributed by atoms with E-state index in [0.717, 1.165) is 12.3 Å². The Bertz CT molecular complexity index is 906. The Labute approximate surface area is 154 Å². The Morgan fingerprint density at radius 3 is 2.48 bits per heavy atom. The number of pyridine rings is 1. The molecular weight excluding hydrogens is 391 g/mol. The fourth-order valence-electron chi connectivity index (χ4n) is 1.97. The highest BCUT2D eigenvalue weighted by atomic mass is 35.5. The Hall–Kier alpha value is -2.10. The number of nitro benzene ring substituents is 1. The SMILES string of the molecule is CS(=O)(=O)c1ccc(NCCNc2ncc(Cl)cc2Cl)c([N+](=O)[O-])c1. The van der Waals surface area contributed by atoms with Crippen molar-refractivity contribution in [2.24, 2.45) is 0 Å². The van der Waals surface area contributed by atoms with Gasteiger partial charge in [0.25, 0.3) is 5.69 Å². The predicted molar refractivity (Wildman–Crippen MR) is 97.4 cm³/mol. The molecule has 0 aliphatic rings. The van der Waals surface area contributed by atoms with Gasteiger partial charge in [-0.15, -0.1) is 0 Å². The number of hydrogen-bond donors (Lipinski definition) is 2. The van der Waals surface area contributed by atoms with E-state index in [-0.39, 0.29) is 16.3 Å². The smallest absolute Gasteiger partial charge is 0.293 e. The van der Waals surface area contributed by atoms with Crippen LogP contribution in [0.2, 0.25) is 10.0 Å². The molecule has 1 heterocycles. The molecule has 0 saturated heterocycles. The summed E-state index contributed by atoms with van der Waals surface area (Å²) in [7, 11) is -3.52. The number of rotatable bonds is 7. The van der Waals surface area contributed by atoms with Crippen LogP contribution in [0.5, 0.6) is 0 Å². The second-order valence-electron chi connectivity index (χ2n) is 5.05. The van der Waals surface area contributed by atoms with E-state index < -0.39 is 14.8 Å². The van der Waals surface area contributed by atoms with Gasteiger partial charge in [-0.25, -0.2) is 13.4 Å². The molecule has 1 aromatic carbocycles.